The summed E-state index contributed by atoms with van der Waals surface area (Å²) in [4.78, 5) is 11.7. The van der Waals surface area contributed by atoms with Gasteiger partial charge in [0.25, 0.3) is 5.91 Å². The molecule has 2 rings (SSSR count). The Kier molecular flexibility index (Phi) is 4.15. The van der Waals surface area contributed by atoms with Crippen molar-refractivity contribution in [2.24, 2.45) is 5.92 Å². The molecule has 0 saturated carbocycles. The second-order valence-corrected chi connectivity index (χ2v) is 4.44. The van der Waals surface area contributed by atoms with E-state index in [-0.39, 0.29) is 17.2 Å². The first-order chi connectivity index (χ1) is 8.66. The number of halogens is 1. The standard InChI is InChI=1S/C13H16FNO3/c14-10-1-2-11(12(16)7-10)13(17)15-5-3-9-4-6-18-8-9/h1-2,7,9,16H,3-6,8H2,(H,15,17)/t9-/m1/s1. The zero-order chi connectivity index (χ0) is 13.0. The summed E-state index contributed by atoms with van der Waals surface area (Å²) in [6.45, 7) is 2.07. The topological polar surface area (TPSA) is 58.6 Å². The normalized spacial score (nSPS) is 18.8. The van der Waals surface area contributed by atoms with E-state index in [0.29, 0.717) is 12.5 Å². The van der Waals surface area contributed by atoms with Gasteiger partial charge in [-0.25, -0.2) is 4.39 Å². The second-order valence-electron chi connectivity index (χ2n) is 4.44. The van der Waals surface area contributed by atoms with Crippen LogP contribution in [0.3, 0.4) is 0 Å². The van der Waals surface area contributed by atoms with Crippen LogP contribution in [-0.4, -0.2) is 30.8 Å². The first kappa shape index (κ1) is 12.8. The van der Waals surface area contributed by atoms with Crippen molar-refractivity contribution in [3.8, 4) is 5.75 Å². The number of nitrogens with one attached hydrogen (secondary N) is 1. The highest BCUT2D eigenvalue weighted by Crippen LogP contribution is 2.18. The van der Waals surface area contributed by atoms with E-state index >= 15 is 0 Å². The van der Waals surface area contributed by atoms with Crippen LogP contribution in [0.5, 0.6) is 5.75 Å². The lowest BCUT2D eigenvalue weighted by molar-refractivity contribution is 0.0947. The quantitative estimate of drug-likeness (QED) is 0.858. The van der Waals surface area contributed by atoms with Crippen molar-refractivity contribution in [2.75, 3.05) is 19.8 Å². The predicted molar refractivity (Wildman–Crippen MR) is 63.9 cm³/mol. The highest BCUT2D eigenvalue weighted by molar-refractivity contribution is 5.96. The number of carbonyl (C=O) groups is 1. The molecule has 1 amide bonds. The number of rotatable bonds is 4. The lowest BCUT2D eigenvalue weighted by Crippen LogP contribution is -2.26. The number of phenols is 1. The van der Waals surface area contributed by atoms with Gasteiger partial charge in [0.15, 0.2) is 0 Å². The molecule has 1 heterocycles. The third-order valence-electron chi connectivity index (χ3n) is 3.07. The number of carbonyl (C=O) groups excluding carboxylic acids is 1. The molecule has 1 atom stereocenters. The molecule has 5 heteroatoms. The first-order valence-electron chi connectivity index (χ1n) is 6.01. The van der Waals surface area contributed by atoms with Crippen LogP contribution in [0, 0.1) is 11.7 Å². The third-order valence-corrected chi connectivity index (χ3v) is 3.07. The number of hydrogen-bond acceptors (Lipinski definition) is 3. The smallest absolute Gasteiger partial charge is 0.255 e. The Morgan fingerprint density at radius 3 is 3.06 bits per heavy atom. The second kappa shape index (κ2) is 5.82. The van der Waals surface area contributed by atoms with Crippen LogP contribution in [-0.2, 0) is 4.74 Å². The summed E-state index contributed by atoms with van der Waals surface area (Å²) >= 11 is 0. The molecule has 0 aliphatic carbocycles. The zero-order valence-electron chi connectivity index (χ0n) is 9.99. The van der Waals surface area contributed by atoms with E-state index in [1.165, 1.54) is 6.07 Å². The minimum Gasteiger partial charge on any atom is -0.507 e. The van der Waals surface area contributed by atoms with Gasteiger partial charge in [0.2, 0.25) is 0 Å². The summed E-state index contributed by atoms with van der Waals surface area (Å²) in [6.07, 6.45) is 1.88. The van der Waals surface area contributed by atoms with Crippen LogP contribution in [0.15, 0.2) is 18.2 Å². The fraction of sp³-hybridized carbons (Fsp3) is 0.462. The van der Waals surface area contributed by atoms with Crippen LogP contribution in [0.2, 0.25) is 0 Å². The molecule has 0 aromatic heterocycles. The van der Waals surface area contributed by atoms with Crippen molar-refractivity contribution in [2.45, 2.75) is 12.8 Å². The number of phenolic OH excluding ortho intramolecular Hbond substituents is 1. The maximum Gasteiger partial charge on any atom is 0.255 e. The lowest BCUT2D eigenvalue weighted by Gasteiger charge is -2.09. The first-order valence-corrected chi connectivity index (χ1v) is 6.01. The number of amides is 1. The third kappa shape index (κ3) is 3.20. The van der Waals surface area contributed by atoms with Crippen molar-refractivity contribution in [1.82, 2.24) is 5.32 Å². The van der Waals surface area contributed by atoms with Crippen LogP contribution in [0.25, 0.3) is 0 Å². The van der Waals surface area contributed by atoms with Gasteiger partial charge < -0.3 is 15.2 Å². The van der Waals surface area contributed by atoms with Crippen LogP contribution < -0.4 is 5.32 Å². The monoisotopic (exact) mass is 253 g/mol. The average Bonchev–Trinajstić information content (AvgIpc) is 2.81. The number of ether oxygens (including phenoxy) is 1. The summed E-state index contributed by atoms with van der Waals surface area (Å²) in [5.41, 5.74) is 0.0964. The summed E-state index contributed by atoms with van der Waals surface area (Å²) < 4.78 is 18.0. The minimum atomic E-state index is -0.563. The Bertz CT molecular complexity index is 430. The maximum absolute atomic E-state index is 12.8. The molecule has 1 saturated heterocycles. The summed E-state index contributed by atoms with van der Waals surface area (Å²) in [5.74, 6) is -0.789. The van der Waals surface area contributed by atoms with Gasteiger partial charge in [-0.3, -0.25) is 4.79 Å². The number of benzene rings is 1. The summed E-state index contributed by atoms with van der Waals surface area (Å²) in [6, 6.07) is 3.36. The largest absolute Gasteiger partial charge is 0.507 e. The number of hydrogen-bond donors (Lipinski definition) is 2. The fourth-order valence-corrected chi connectivity index (χ4v) is 1.99. The average molecular weight is 253 g/mol. The van der Waals surface area contributed by atoms with E-state index in [1.54, 1.807) is 0 Å². The number of aromatic hydroxyl groups is 1. The molecule has 0 spiro atoms. The van der Waals surface area contributed by atoms with Crippen molar-refractivity contribution >= 4 is 5.91 Å². The molecule has 4 nitrogen and oxygen atoms in total. The highest BCUT2D eigenvalue weighted by atomic mass is 19.1. The van der Waals surface area contributed by atoms with Gasteiger partial charge in [-0.1, -0.05) is 0 Å². The summed E-state index contributed by atoms with van der Waals surface area (Å²) in [7, 11) is 0. The van der Waals surface area contributed by atoms with E-state index in [1.807, 2.05) is 0 Å². The van der Waals surface area contributed by atoms with E-state index in [9.17, 15) is 14.3 Å². The predicted octanol–water partition coefficient (Wildman–Crippen LogP) is 1.69. The van der Waals surface area contributed by atoms with Crippen molar-refractivity contribution in [3.63, 3.8) is 0 Å². The fourth-order valence-electron chi connectivity index (χ4n) is 1.99. The van der Waals surface area contributed by atoms with Gasteiger partial charge in [0.05, 0.1) is 5.56 Å². The van der Waals surface area contributed by atoms with Crippen LogP contribution in [0.1, 0.15) is 23.2 Å². The van der Waals surface area contributed by atoms with Crippen molar-refractivity contribution in [1.29, 1.82) is 0 Å². The maximum atomic E-state index is 12.8. The molecule has 1 aromatic carbocycles. The van der Waals surface area contributed by atoms with E-state index in [2.05, 4.69) is 5.32 Å². The van der Waals surface area contributed by atoms with Gasteiger partial charge in [0.1, 0.15) is 11.6 Å². The Morgan fingerprint density at radius 2 is 2.39 bits per heavy atom. The van der Waals surface area contributed by atoms with Crippen LogP contribution in [0.4, 0.5) is 4.39 Å². The van der Waals surface area contributed by atoms with E-state index in [0.717, 1.165) is 38.2 Å². The van der Waals surface area contributed by atoms with Gasteiger partial charge in [-0.05, 0) is 30.9 Å². The van der Waals surface area contributed by atoms with Gasteiger partial charge in [0, 0.05) is 25.8 Å². The molecule has 1 fully saturated rings. The van der Waals surface area contributed by atoms with E-state index in [4.69, 9.17) is 4.74 Å². The molecule has 0 bridgehead atoms. The molecule has 0 radical (unpaired) electrons. The van der Waals surface area contributed by atoms with E-state index < -0.39 is 5.82 Å². The molecule has 1 aromatic rings. The van der Waals surface area contributed by atoms with Gasteiger partial charge in [-0.15, -0.1) is 0 Å². The summed E-state index contributed by atoms with van der Waals surface area (Å²) in [5, 5.41) is 12.2. The molecule has 18 heavy (non-hydrogen) atoms. The minimum absolute atomic E-state index is 0.0964. The SMILES string of the molecule is O=C(NCC[C@@H]1CCOC1)c1ccc(F)cc1O. The molecule has 0 unspecified atom stereocenters. The zero-order valence-corrected chi connectivity index (χ0v) is 9.99. The Morgan fingerprint density at radius 1 is 1.56 bits per heavy atom. The van der Waals surface area contributed by atoms with Crippen molar-refractivity contribution in [3.05, 3.63) is 29.6 Å². The molecule has 2 N–H and O–H groups in total. The van der Waals surface area contributed by atoms with Crippen molar-refractivity contribution < 1.29 is 19.0 Å². The molecular weight excluding hydrogens is 237 g/mol. The molecular formula is C13H16FNO3. The highest BCUT2D eigenvalue weighted by Gasteiger charge is 2.16. The molecule has 98 valence electrons. The Hall–Kier alpha value is -1.62. The Labute approximate surface area is 105 Å². The Balaban J connectivity index is 1.83. The molecule has 1 aliphatic rings. The van der Waals surface area contributed by atoms with Gasteiger partial charge in [-0.2, -0.15) is 0 Å². The van der Waals surface area contributed by atoms with Crippen LogP contribution >= 0.6 is 0 Å². The molecule has 1 aliphatic heterocycles. The lowest BCUT2D eigenvalue weighted by atomic mass is 10.1. The van der Waals surface area contributed by atoms with Gasteiger partial charge >= 0.3 is 0 Å².